The fourth-order valence-electron chi connectivity index (χ4n) is 1.81. The molecule has 1 heterocycles. The van der Waals surface area contributed by atoms with Crippen molar-refractivity contribution in [1.82, 2.24) is 0 Å². The molecular formula is C12H16FNS. The second-order valence-corrected chi connectivity index (χ2v) is 5.19. The van der Waals surface area contributed by atoms with Gasteiger partial charge in [0.05, 0.1) is 5.69 Å². The Morgan fingerprint density at radius 3 is 3.00 bits per heavy atom. The first kappa shape index (κ1) is 10.8. The molecule has 0 unspecified atom stereocenters. The summed E-state index contributed by atoms with van der Waals surface area (Å²) < 4.78 is 13.5. The van der Waals surface area contributed by atoms with Gasteiger partial charge in [0.15, 0.2) is 0 Å². The number of halogens is 1. The lowest BCUT2D eigenvalue weighted by molar-refractivity contribution is 0.619. The van der Waals surface area contributed by atoms with Gasteiger partial charge in [-0.3, -0.25) is 0 Å². The van der Waals surface area contributed by atoms with Crippen LogP contribution in [0.1, 0.15) is 18.4 Å². The van der Waals surface area contributed by atoms with Crippen molar-refractivity contribution >= 4 is 17.4 Å². The smallest absolute Gasteiger partial charge is 0.146 e. The summed E-state index contributed by atoms with van der Waals surface area (Å²) in [6, 6.07) is 5.80. The SMILES string of the molecule is Cc1ccc(N[C@@H]2CCCSC2)c(F)c1. The van der Waals surface area contributed by atoms with Crippen molar-refractivity contribution in [3.8, 4) is 0 Å². The second kappa shape index (κ2) is 4.88. The standard InChI is InChI=1S/C12H16FNS/c1-9-4-5-12(11(13)7-9)14-10-3-2-6-15-8-10/h4-5,7,10,14H,2-3,6,8H2,1H3/t10-/m1/s1. The zero-order chi connectivity index (χ0) is 10.7. The van der Waals surface area contributed by atoms with Crippen LogP contribution in [0.4, 0.5) is 10.1 Å². The maximum absolute atomic E-state index is 13.5. The minimum absolute atomic E-state index is 0.134. The van der Waals surface area contributed by atoms with Crippen LogP contribution in [0.5, 0.6) is 0 Å². The van der Waals surface area contributed by atoms with Crippen molar-refractivity contribution in [2.75, 3.05) is 16.8 Å². The van der Waals surface area contributed by atoms with E-state index in [-0.39, 0.29) is 5.82 Å². The summed E-state index contributed by atoms with van der Waals surface area (Å²) in [5.41, 5.74) is 1.61. The number of anilines is 1. The van der Waals surface area contributed by atoms with E-state index in [9.17, 15) is 4.39 Å². The molecule has 1 aromatic rings. The summed E-state index contributed by atoms with van der Waals surface area (Å²) in [6.45, 7) is 1.91. The maximum Gasteiger partial charge on any atom is 0.146 e. The number of benzene rings is 1. The van der Waals surface area contributed by atoms with Gasteiger partial charge in [-0.25, -0.2) is 4.39 Å². The van der Waals surface area contributed by atoms with E-state index in [1.54, 1.807) is 6.07 Å². The van der Waals surface area contributed by atoms with Crippen LogP contribution in [0.25, 0.3) is 0 Å². The zero-order valence-corrected chi connectivity index (χ0v) is 9.74. The molecule has 0 bridgehead atoms. The van der Waals surface area contributed by atoms with Gasteiger partial charge in [-0.05, 0) is 43.2 Å². The Morgan fingerprint density at radius 2 is 2.33 bits per heavy atom. The van der Waals surface area contributed by atoms with Crippen LogP contribution in [0.2, 0.25) is 0 Å². The molecule has 0 aliphatic carbocycles. The molecule has 15 heavy (non-hydrogen) atoms. The third kappa shape index (κ3) is 2.88. The molecule has 1 nitrogen and oxygen atoms in total. The van der Waals surface area contributed by atoms with Crippen LogP contribution in [-0.2, 0) is 0 Å². The van der Waals surface area contributed by atoms with E-state index in [4.69, 9.17) is 0 Å². The third-order valence-electron chi connectivity index (χ3n) is 2.64. The summed E-state index contributed by atoms with van der Waals surface area (Å²) in [4.78, 5) is 0. The molecule has 1 aliphatic rings. The van der Waals surface area contributed by atoms with Gasteiger partial charge in [-0.15, -0.1) is 0 Å². The largest absolute Gasteiger partial charge is 0.379 e. The van der Waals surface area contributed by atoms with E-state index in [0.29, 0.717) is 11.7 Å². The third-order valence-corrected chi connectivity index (χ3v) is 3.86. The summed E-state index contributed by atoms with van der Waals surface area (Å²) in [7, 11) is 0. The Bertz CT molecular complexity index is 334. The molecule has 1 N–H and O–H groups in total. The summed E-state index contributed by atoms with van der Waals surface area (Å²) in [5.74, 6) is 2.20. The Morgan fingerprint density at radius 1 is 1.47 bits per heavy atom. The average Bonchev–Trinajstić information content (AvgIpc) is 2.24. The lowest BCUT2D eigenvalue weighted by atomic mass is 10.1. The average molecular weight is 225 g/mol. The summed E-state index contributed by atoms with van der Waals surface area (Å²) >= 11 is 1.95. The number of thioether (sulfide) groups is 1. The molecule has 0 amide bonds. The van der Waals surface area contributed by atoms with E-state index in [0.717, 1.165) is 17.7 Å². The minimum atomic E-state index is -0.134. The van der Waals surface area contributed by atoms with Crippen LogP contribution in [-0.4, -0.2) is 17.5 Å². The molecule has 3 heteroatoms. The van der Waals surface area contributed by atoms with Crippen molar-refractivity contribution < 1.29 is 4.39 Å². The topological polar surface area (TPSA) is 12.0 Å². The monoisotopic (exact) mass is 225 g/mol. The van der Waals surface area contributed by atoms with Crippen molar-refractivity contribution in [3.05, 3.63) is 29.6 Å². The predicted octanol–water partition coefficient (Wildman–Crippen LogP) is 3.44. The number of rotatable bonds is 2. The second-order valence-electron chi connectivity index (χ2n) is 4.04. The quantitative estimate of drug-likeness (QED) is 0.827. The first-order chi connectivity index (χ1) is 7.25. The van der Waals surface area contributed by atoms with Crippen LogP contribution < -0.4 is 5.32 Å². The summed E-state index contributed by atoms with van der Waals surface area (Å²) in [6.07, 6.45) is 2.39. The highest BCUT2D eigenvalue weighted by Gasteiger charge is 2.14. The van der Waals surface area contributed by atoms with Gasteiger partial charge in [0.1, 0.15) is 5.82 Å². The fourth-order valence-corrected chi connectivity index (χ4v) is 2.88. The predicted molar refractivity (Wildman–Crippen MR) is 65.1 cm³/mol. The van der Waals surface area contributed by atoms with Gasteiger partial charge in [0, 0.05) is 11.8 Å². The Kier molecular flexibility index (Phi) is 3.52. The molecular weight excluding hydrogens is 209 g/mol. The van der Waals surface area contributed by atoms with E-state index < -0.39 is 0 Å². The molecule has 1 saturated heterocycles. The number of aryl methyl sites for hydroxylation is 1. The maximum atomic E-state index is 13.5. The summed E-state index contributed by atoms with van der Waals surface area (Å²) in [5, 5.41) is 3.28. The van der Waals surface area contributed by atoms with Gasteiger partial charge in [0.25, 0.3) is 0 Å². The highest BCUT2D eigenvalue weighted by atomic mass is 32.2. The van der Waals surface area contributed by atoms with Crippen molar-refractivity contribution in [3.63, 3.8) is 0 Å². The molecule has 2 rings (SSSR count). The van der Waals surface area contributed by atoms with Gasteiger partial charge in [-0.1, -0.05) is 6.07 Å². The number of hydrogen-bond acceptors (Lipinski definition) is 2. The highest BCUT2D eigenvalue weighted by molar-refractivity contribution is 7.99. The van der Waals surface area contributed by atoms with E-state index in [1.807, 2.05) is 30.8 Å². The van der Waals surface area contributed by atoms with Gasteiger partial charge >= 0.3 is 0 Å². The lowest BCUT2D eigenvalue weighted by Crippen LogP contribution is -2.26. The molecule has 0 saturated carbocycles. The van der Waals surface area contributed by atoms with Gasteiger partial charge in [0.2, 0.25) is 0 Å². The Balaban J connectivity index is 2.03. The Labute approximate surface area is 94.5 Å². The van der Waals surface area contributed by atoms with Crippen molar-refractivity contribution in [1.29, 1.82) is 0 Å². The highest BCUT2D eigenvalue weighted by Crippen LogP contribution is 2.22. The zero-order valence-electron chi connectivity index (χ0n) is 8.92. The molecule has 1 atom stereocenters. The molecule has 82 valence electrons. The van der Waals surface area contributed by atoms with E-state index in [1.165, 1.54) is 12.2 Å². The van der Waals surface area contributed by atoms with Crippen LogP contribution in [0.3, 0.4) is 0 Å². The van der Waals surface area contributed by atoms with Crippen LogP contribution in [0, 0.1) is 12.7 Å². The van der Waals surface area contributed by atoms with Crippen molar-refractivity contribution in [2.24, 2.45) is 0 Å². The molecule has 0 radical (unpaired) electrons. The molecule has 1 aliphatic heterocycles. The minimum Gasteiger partial charge on any atom is -0.379 e. The number of nitrogens with one attached hydrogen (secondary N) is 1. The number of hydrogen-bond donors (Lipinski definition) is 1. The molecule has 0 spiro atoms. The van der Waals surface area contributed by atoms with E-state index >= 15 is 0 Å². The van der Waals surface area contributed by atoms with Crippen molar-refractivity contribution in [2.45, 2.75) is 25.8 Å². The molecule has 1 aromatic carbocycles. The normalized spacial score (nSPS) is 21.3. The van der Waals surface area contributed by atoms with E-state index in [2.05, 4.69) is 5.32 Å². The Hall–Kier alpha value is -0.700. The molecule has 1 fully saturated rings. The lowest BCUT2D eigenvalue weighted by Gasteiger charge is -2.23. The first-order valence-corrected chi connectivity index (χ1v) is 6.51. The van der Waals surface area contributed by atoms with Crippen LogP contribution >= 0.6 is 11.8 Å². The first-order valence-electron chi connectivity index (χ1n) is 5.36. The fraction of sp³-hybridized carbons (Fsp3) is 0.500. The van der Waals surface area contributed by atoms with Gasteiger partial charge < -0.3 is 5.32 Å². The molecule has 0 aromatic heterocycles. The van der Waals surface area contributed by atoms with Crippen LogP contribution in [0.15, 0.2) is 18.2 Å². The van der Waals surface area contributed by atoms with Gasteiger partial charge in [-0.2, -0.15) is 11.8 Å².